The van der Waals surface area contributed by atoms with E-state index in [9.17, 15) is 9.59 Å². The monoisotopic (exact) mass is 361 g/mol. The van der Waals surface area contributed by atoms with Gasteiger partial charge < -0.3 is 14.7 Å². The Labute approximate surface area is 151 Å². The van der Waals surface area contributed by atoms with E-state index in [1.165, 1.54) is 0 Å². The van der Waals surface area contributed by atoms with E-state index >= 15 is 0 Å². The molecule has 1 N–H and O–H groups in total. The Morgan fingerprint density at radius 2 is 1.88 bits per heavy atom. The van der Waals surface area contributed by atoms with Gasteiger partial charge in [-0.1, -0.05) is 6.07 Å². The molecular formula is C19H23NO4S. The lowest BCUT2D eigenvalue weighted by Gasteiger charge is -2.27. The number of carbonyl (C=O) groups excluding carboxylic acids is 1. The highest BCUT2D eigenvalue weighted by Crippen LogP contribution is 2.26. The molecule has 0 aliphatic rings. The number of thiophene rings is 1. The third kappa shape index (κ3) is 4.82. The second-order valence-electron chi connectivity index (χ2n) is 6.23. The van der Waals surface area contributed by atoms with Gasteiger partial charge in [0.25, 0.3) is 5.91 Å². The summed E-state index contributed by atoms with van der Waals surface area (Å²) in [4.78, 5) is 26.7. The highest BCUT2D eigenvalue weighted by atomic mass is 32.1. The predicted octanol–water partition coefficient (Wildman–Crippen LogP) is 3.88. The van der Waals surface area contributed by atoms with Crippen LogP contribution < -0.4 is 4.74 Å². The molecule has 0 aliphatic heterocycles. The van der Waals surface area contributed by atoms with Crippen LogP contribution >= 0.6 is 11.3 Å². The van der Waals surface area contributed by atoms with Crippen LogP contribution in [-0.2, 0) is 11.3 Å². The fraction of sp³-hybridized carbons (Fsp3) is 0.368. The van der Waals surface area contributed by atoms with E-state index < -0.39 is 12.6 Å². The first-order valence-corrected chi connectivity index (χ1v) is 8.96. The molecule has 2 aromatic rings. The Balaban J connectivity index is 2.26. The van der Waals surface area contributed by atoms with Crippen molar-refractivity contribution in [3.8, 4) is 5.75 Å². The molecule has 0 aliphatic carbocycles. The van der Waals surface area contributed by atoms with Crippen LogP contribution in [0.15, 0.2) is 29.6 Å². The van der Waals surface area contributed by atoms with Gasteiger partial charge >= 0.3 is 5.97 Å². The second-order valence-corrected chi connectivity index (χ2v) is 7.26. The topological polar surface area (TPSA) is 66.8 Å². The average molecular weight is 361 g/mol. The number of aliphatic carboxylic acids is 1. The van der Waals surface area contributed by atoms with Crippen LogP contribution in [-0.4, -0.2) is 34.5 Å². The van der Waals surface area contributed by atoms with E-state index in [4.69, 9.17) is 9.84 Å². The van der Waals surface area contributed by atoms with Gasteiger partial charge in [-0.3, -0.25) is 4.79 Å². The zero-order valence-corrected chi connectivity index (χ0v) is 15.7. The number of carbonyl (C=O) groups is 2. The fourth-order valence-corrected chi connectivity index (χ4v) is 3.36. The molecule has 1 heterocycles. The van der Waals surface area contributed by atoms with Gasteiger partial charge in [0.15, 0.2) is 6.61 Å². The summed E-state index contributed by atoms with van der Waals surface area (Å²) in [5.41, 5.74) is 2.09. The molecule has 25 heavy (non-hydrogen) atoms. The summed E-state index contributed by atoms with van der Waals surface area (Å²) in [6.07, 6.45) is 0. The molecule has 0 fully saturated rings. The third-order valence-corrected chi connectivity index (χ3v) is 4.70. The van der Waals surface area contributed by atoms with Crippen molar-refractivity contribution in [3.63, 3.8) is 0 Å². The molecule has 0 unspecified atom stereocenters. The number of carboxylic acid groups (broad SMARTS) is 1. The van der Waals surface area contributed by atoms with Gasteiger partial charge in [0.05, 0.1) is 6.54 Å². The van der Waals surface area contributed by atoms with E-state index in [0.29, 0.717) is 17.9 Å². The number of amides is 1. The van der Waals surface area contributed by atoms with Crippen LogP contribution in [0.4, 0.5) is 0 Å². The first-order valence-electron chi connectivity index (χ1n) is 8.08. The molecule has 2 rings (SSSR count). The molecule has 0 atom stereocenters. The van der Waals surface area contributed by atoms with Crippen molar-refractivity contribution >= 4 is 23.2 Å². The molecule has 0 spiro atoms. The van der Waals surface area contributed by atoms with E-state index in [-0.39, 0.29) is 11.9 Å². The van der Waals surface area contributed by atoms with Crippen molar-refractivity contribution in [1.29, 1.82) is 0 Å². The Kier molecular flexibility index (Phi) is 6.20. The normalized spacial score (nSPS) is 10.8. The van der Waals surface area contributed by atoms with Gasteiger partial charge in [-0.05, 0) is 62.4 Å². The van der Waals surface area contributed by atoms with Crippen LogP contribution in [0, 0.1) is 13.8 Å². The zero-order chi connectivity index (χ0) is 18.6. The number of benzene rings is 1. The quantitative estimate of drug-likeness (QED) is 0.813. The molecule has 0 radical (unpaired) electrons. The van der Waals surface area contributed by atoms with Crippen molar-refractivity contribution < 1.29 is 19.4 Å². The summed E-state index contributed by atoms with van der Waals surface area (Å²) < 4.78 is 5.33. The minimum absolute atomic E-state index is 0.0422. The third-order valence-electron chi connectivity index (χ3n) is 3.84. The smallest absolute Gasteiger partial charge is 0.341 e. The molecular weight excluding hydrogens is 338 g/mol. The molecule has 6 heteroatoms. The van der Waals surface area contributed by atoms with Gasteiger partial charge in [-0.2, -0.15) is 0 Å². The summed E-state index contributed by atoms with van der Waals surface area (Å²) in [6.45, 7) is 7.81. The zero-order valence-electron chi connectivity index (χ0n) is 14.9. The minimum atomic E-state index is -1.03. The first-order chi connectivity index (χ1) is 11.8. The van der Waals surface area contributed by atoms with Crippen molar-refractivity contribution in [2.45, 2.75) is 40.3 Å². The number of carboxylic acids is 1. The number of aryl methyl sites for hydroxylation is 2. The summed E-state index contributed by atoms with van der Waals surface area (Å²) in [5, 5.41) is 10.8. The molecule has 0 saturated heterocycles. The highest BCUT2D eigenvalue weighted by Gasteiger charge is 2.21. The number of ether oxygens (including phenoxy) is 1. The van der Waals surface area contributed by atoms with Crippen molar-refractivity contribution in [2.75, 3.05) is 6.61 Å². The van der Waals surface area contributed by atoms with Crippen LogP contribution in [0.3, 0.4) is 0 Å². The molecule has 1 aromatic carbocycles. The fourth-order valence-electron chi connectivity index (χ4n) is 2.66. The minimum Gasteiger partial charge on any atom is -0.481 e. The Morgan fingerprint density at radius 1 is 1.24 bits per heavy atom. The van der Waals surface area contributed by atoms with Crippen LogP contribution in [0.25, 0.3) is 0 Å². The standard InChI is InChI=1S/C19H23NO4S/c1-12(2)20(10-16-6-5-7-25-16)19(23)15-8-13(3)18(14(4)9-15)24-11-17(21)22/h5-9,12H,10-11H2,1-4H3,(H,21,22). The summed E-state index contributed by atoms with van der Waals surface area (Å²) >= 11 is 1.63. The maximum atomic E-state index is 13.0. The Morgan fingerprint density at radius 3 is 2.36 bits per heavy atom. The maximum Gasteiger partial charge on any atom is 0.341 e. The van der Waals surface area contributed by atoms with Gasteiger partial charge in [0.1, 0.15) is 5.75 Å². The lowest BCUT2D eigenvalue weighted by atomic mass is 10.0. The van der Waals surface area contributed by atoms with Crippen molar-refractivity contribution in [2.24, 2.45) is 0 Å². The molecule has 0 saturated carbocycles. The Bertz CT molecular complexity index is 730. The lowest BCUT2D eigenvalue weighted by Crippen LogP contribution is -2.36. The number of rotatable bonds is 7. The molecule has 1 amide bonds. The van der Waals surface area contributed by atoms with Gasteiger partial charge in [0, 0.05) is 16.5 Å². The van der Waals surface area contributed by atoms with Gasteiger partial charge in [-0.25, -0.2) is 4.79 Å². The predicted molar refractivity (Wildman–Crippen MR) is 98.4 cm³/mol. The molecule has 1 aromatic heterocycles. The number of nitrogens with zero attached hydrogens (tertiary/aromatic N) is 1. The Hall–Kier alpha value is -2.34. The van der Waals surface area contributed by atoms with E-state index in [1.54, 1.807) is 23.5 Å². The largest absolute Gasteiger partial charge is 0.481 e. The van der Waals surface area contributed by atoms with Crippen LogP contribution in [0.1, 0.15) is 40.2 Å². The highest BCUT2D eigenvalue weighted by molar-refractivity contribution is 7.09. The number of hydrogen-bond donors (Lipinski definition) is 1. The summed E-state index contributed by atoms with van der Waals surface area (Å²) in [6, 6.07) is 7.59. The second kappa shape index (κ2) is 8.16. The van der Waals surface area contributed by atoms with Gasteiger partial charge in [-0.15, -0.1) is 11.3 Å². The van der Waals surface area contributed by atoms with E-state index in [1.807, 2.05) is 50.1 Å². The maximum absolute atomic E-state index is 13.0. The summed E-state index contributed by atoms with van der Waals surface area (Å²) in [5.74, 6) is -0.548. The average Bonchev–Trinajstić information content (AvgIpc) is 3.03. The van der Waals surface area contributed by atoms with E-state index in [0.717, 1.165) is 16.0 Å². The van der Waals surface area contributed by atoms with Crippen LogP contribution in [0.5, 0.6) is 5.75 Å². The van der Waals surface area contributed by atoms with Crippen molar-refractivity contribution in [1.82, 2.24) is 4.90 Å². The molecule has 0 bridgehead atoms. The first kappa shape index (κ1) is 19.0. The SMILES string of the molecule is Cc1cc(C(=O)N(Cc2cccs2)C(C)C)cc(C)c1OCC(=O)O. The summed E-state index contributed by atoms with van der Waals surface area (Å²) in [7, 11) is 0. The molecule has 134 valence electrons. The number of hydrogen-bond acceptors (Lipinski definition) is 4. The van der Waals surface area contributed by atoms with Gasteiger partial charge in [0.2, 0.25) is 0 Å². The molecule has 5 nitrogen and oxygen atoms in total. The lowest BCUT2D eigenvalue weighted by molar-refractivity contribution is -0.139. The van der Waals surface area contributed by atoms with E-state index in [2.05, 4.69) is 0 Å². The van der Waals surface area contributed by atoms with Crippen molar-refractivity contribution in [3.05, 3.63) is 51.2 Å². The van der Waals surface area contributed by atoms with Crippen LogP contribution in [0.2, 0.25) is 0 Å².